The van der Waals surface area contributed by atoms with Crippen LogP contribution in [0.15, 0.2) is 12.4 Å². The van der Waals surface area contributed by atoms with Crippen molar-refractivity contribution in [2.45, 2.75) is 50.6 Å². The summed E-state index contributed by atoms with van der Waals surface area (Å²) in [5, 5.41) is 0. The first-order valence-corrected chi connectivity index (χ1v) is 6.93. The molecule has 1 saturated heterocycles. The summed E-state index contributed by atoms with van der Waals surface area (Å²) in [6.45, 7) is 6.78. The largest absolute Gasteiger partial charge is 0.326 e. The number of hydrogen-bond acceptors (Lipinski definition) is 4. The lowest BCUT2D eigenvalue weighted by molar-refractivity contribution is 0.118. The lowest BCUT2D eigenvalue weighted by Crippen LogP contribution is -2.52. The van der Waals surface area contributed by atoms with Crippen molar-refractivity contribution in [3.8, 4) is 0 Å². The molecular formula is C14H22N4. The number of hydrogen-bond donors (Lipinski definition) is 1. The van der Waals surface area contributed by atoms with Crippen LogP contribution in [0.2, 0.25) is 0 Å². The Hall–Kier alpha value is -1.00. The second-order valence-electron chi connectivity index (χ2n) is 5.95. The number of aromatic nitrogens is 2. The second-order valence-corrected chi connectivity index (χ2v) is 5.95. The Labute approximate surface area is 109 Å². The molecule has 0 saturated carbocycles. The monoisotopic (exact) mass is 246 g/mol. The van der Waals surface area contributed by atoms with Crippen LogP contribution in [0.5, 0.6) is 0 Å². The third-order valence-corrected chi connectivity index (χ3v) is 4.79. The van der Waals surface area contributed by atoms with Crippen LogP contribution in [0.3, 0.4) is 0 Å². The van der Waals surface area contributed by atoms with E-state index in [1.807, 2.05) is 6.20 Å². The summed E-state index contributed by atoms with van der Waals surface area (Å²) in [5.41, 5.74) is 8.82. The molecule has 0 bridgehead atoms. The predicted octanol–water partition coefficient (Wildman–Crippen LogP) is 1.10. The van der Waals surface area contributed by atoms with Crippen LogP contribution in [-0.2, 0) is 11.8 Å². The van der Waals surface area contributed by atoms with Gasteiger partial charge >= 0.3 is 0 Å². The van der Waals surface area contributed by atoms with E-state index in [1.165, 1.54) is 5.69 Å². The lowest BCUT2D eigenvalue weighted by Gasteiger charge is -2.43. The first-order chi connectivity index (χ1) is 8.63. The molecule has 1 aromatic heterocycles. The standard InChI is InChI=1S/C14H22N4/c1-10(2)18-7-3-14(4-8-18)12(15)9-11-13(14)17-6-5-16-11/h5-6,10,12H,3-4,7-9,15H2,1-2H3/t12-/m1/s1. The van der Waals surface area contributed by atoms with Crippen molar-refractivity contribution in [3.63, 3.8) is 0 Å². The van der Waals surface area contributed by atoms with Crippen LogP contribution in [0.25, 0.3) is 0 Å². The summed E-state index contributed by atoms with van der Waals surface area (Å²) in [6.07, 6.45) is 6.74. The maximum absolute atomic E-state index is 6.42. The minimum Gasteiger partial charge on any atom is -0.326 e. The fourth-order valence-electron chi connectivity index (χ4n) is 3.56. The Bertz CT molecular complexity index is 435. The van der Waals surface area contributed by atoms with Gasteiger partial charge in [-0.15, -0.1) is 0 Å². The van der Waals surface area contributed by atoms with E-state index in [-0.39, 0.29) is 11.5 Å². The molecule has 0 unspecified atom stereocenters. The minimum atomic E-state index is 0.0922. The fraction of sp³-hybridized carbons (Fsp3) is 0.714. The van der Waals surface area contributed by atoms with Crippen LogP contribution in [0.1, 0.15) is 38.1 Å². The molecule has 1 aromatic rings. The number of fused-ring (bicyclic) bond motifs is 2. The molecule has 4 heteroatoms. The van der Waals surface area contributed by atoms with Gasteiger partial charge in [0.2, 0.25) is 0 Å². The molecule has 2 heterocycles. The van der Waals surface area contributed by atoms with Crippen molar-refractivity contribution < 1.29 is 0 Å². The first kappa shape index (κ1) is 12.1. The van der Waals surface area contributed by atoms with Crippen LogP contribution < -0.4 is 5.73 Å². The number of nitrogens with two attached hydrogens (primary N) is 1. The van der Waals surface area contributed by atoms with Gasteiger partial charge in [-0.05, 0) is 39.8 Å². The molecule has 0 amide bonds. The van der Waals surface area contributed by atoms with Crippen molar-refractivity contribution in [2.75, 3.05) is 13.1 Å². The molecule has 0 aromatic carbocycles. The maximum Gasteiger partial charge on any atom is 0.0697 e. The average molecular weight is 246 g/mol. The minimum absolute atomic E-state index is 0.0922. The molecule has 2 N–H and O–H groups in total. The lowest BCUT2D eigenvalue weighted by atomic mass is 9.73. The van der Waals surface area contributed by atoms with Crippen molar-refractivity contribution in [3.05, 3.63) is 23.8 Å². The molecular weight excluding hydrogens is 224 g/mol. The molecule has 1 aliphatic heterocycles. The average Bonchev–Trinajstić information content (AvgIpc) is 2.64. The highest BCUT2D eigenvalue weighted by molar-refractivity contribution is 5.33. The molecule has 3 rings (SSSR count). The van der Waals surface area contributed by atoms with Gasteiger partial charge in [0.1, 0.15) is 0 Å². The van der Waals surface area contributed by atoms with E-state index in [2.05, 4.69) is 28.7 Å². The first-order valence-electron chi connectivity index (χ1n) is 6.93. The number of piperidine rings is 1. The quantitative estimate of drug-likeness (QED) is 0.806. The van der Waals surface area contributed by atoms with Gasteiger partial charge in [0.15, 0.2) is 0 Å². The van der Waals surface area contributed by atoms with E-state index >= 15 is 0 Å². The Morgan fingerprint density at radius 1 is 1.28 bits per heavy atom. The fourth-order valence-corrected chi connectivity index (χ4v) is 3.56. The van der Waals surface area contributed by atoms with Crippen molar-refractivity contribution in [1.29, 1.82) is 0 Å². The Morgan fingerprint density at radius 2 is 1.94 bits per heavy atom. The van der Waals surface area contributed by atoms with Crippen LogP contribution >= 0.6 is 0 Å². The maximum atomic E-state index is 6.42. The van der Waals surface area contributed by atoms with Crippen LogP contribution in [-0.4, -0.2) is 40.0 Å². The zero-order chi connectivity index (χ0) is 12.8. The molecule has 98 valence electrons. The summed E-state index contributed by atoms with van der Waals surface area (Å²) >= 11 is 0. The van der Waals surface area contributed by atoms with E-state index in [9.17, 15) is 0 Å². The smallest absolute Gasteiger partial charge is 0.0697 e. The van der Waals surface area contributed by atoms with E-state index in [4.69, 9.17) is 5.73 Å². The van der Waals surface area contributed by atoms with E-state index < -0.39 is 0 Å². The third kappa shape index (κ3) is 1.67. The SMILES string of the molecule is CC(C)N1CCC2(CC1)c1nccnc1C[C@H]2N. The third-order valence-electron chi connectivity index (χ3n) is 4.79. The normalized spacial score (nSPS) is 26.8. The van der Waals surface area contributed by atoms with Gasteiger partial charge in [-0.3, -0.25) is 9.97 Å². The Morgan fingerprint density at radius 3 is 2.61 bits per heavy atom. The molecule has 1 aliphatic carbocycles. The van der Waals surface area contributed by atoms with Crippen LogP contribution in [0.4, 0.5) is 0 Å². The van der Waals surface area contributed by atoms with Gasteiger partial charge < -0.3 is 10.6 Å². The number of rotatable bonds is 1. The summed E-state index contributed by atoms with van der Waals surface area (Å²) in [4.78, 5) is 11.6. The van der Waals surface area contributed by atoms with Crippen LogP contribution in [0, 0.1) is 0 Å². The Balaban J connectivity index is 1.88. The van der Waals surface area contributed by atoms with E-state index in [1.54, 1.807) is 6.20 Å². The summed E-state index contributed by atoms with van der Waals surface area (Å²) < 4.78 is 0. The Kier molecular flexibility index (Phi) is 2.87. The van der Waals surface area contributed by atoms with E-state index in [0.29, 0.717) is 6.04 Å². The summed E-state index contributed by atoms with van der Waals surface area (Å²) in [5.74, 6) is 0. The van der Waals surface area contributed by atoms with Gasteiger partial charge in [-0.25, -0.2) is 0 Å². The molecule has 0 radical (unpaired) electrons. The van der Waals surface area contributed by atoms with Crippen molar-refractivity contribution in [1.82, 2.24) is 14.9 Å². The van der Waals surface area contributed by atoms with E-state index in [0.717, 1.165) is 38.0 Å². The zero-order valence-electron chi connectivity index (χ0n) is 11.3. The van der Waals surface area contributed by atoms with Gasteiger partial charge in [0.25, 0.3) is 0 Å². The van der Waals surface area contributed by atoms with Gasteiger partial charge in [-0.1, -0.05) is 0 Å². The molecule has 4 nitrogen and oxygen atoms in total. The second kappa shape index (κ2) is 4.28. The highest BCUT2D eigenvalue weighted by Crippen LogP contribution is 2.43. The highest BCUT2D eigenvalue weighted by Gasteiger charge is 2.48. The van der Waals surface area contributed by atoms with Gasteiger partial charge in [0, 0.05) is 36.3 Å². The van der Waals surface area contributed by atoms with Crippen molar-refractivity contribution in [2.24, 2.45) is 5.73 Å². The number of likely N-dealkylation sites (tertiary alicyclic amines) is 1. The summed E-state index contributed by atoms with van der Waals surface area (Å²) in [7, 11) is 0. The number of nitrogens with zero attached hydrogens (tertiary/aromatic N) is 3. The molecule has 18 heavy (non-hydrogen) atoms. The van der Waals surface area contributed by atoms with Gasteiger partial charge in [0.05, 0.1) is 11.4 Å². The topological polar surface area (TPSA) is 55.0 Å². The molecule has 1 atom stereocenters. The predicted molar refractivity (Wildman–Crippen MR) is 71.3 cm³/mol. The zero-order valence-corrected chi connectivity index (χ0v) is 11.3. The molecule has 1 spiro atoms. The highest BCUT2D eigenvalue weighted by atomic mass is 15.2. The molecule has 1 fully saturated rings. The molecule has 2 aliphatic rings. The summed E-state index contributed by atoms with van der Waals surface area (Å²) in [6, 6.07) is 0.825. The van der Waals surface area contributed by atoms with Gasteiger partial charge in [-0.2, -0.15) is 0 Å². The van der Waals surface area contributed by atoms with Crippen molar-refractivity contribution >= 4 is 0 Å².